The van der Waals surface area contributed by atoms with Crippen molar-refractivity contribution in [1.82, 2.24) is 4.98 Å². The molecule has 0 saturated carbocycles. The summed E-state index contributed by atoms with van der Waals surface area (Å²) in [6.45, 7) is 3.20. The minimum atomic E-state index is 0.572. The molecule has 2 heterocycles. The molecule has 0 bridgehead atoms. The molecular formula is C14H17N3S. The number of anilines is 2. The number of nitrogens with two attached hydrogens (primary N) is 1. The van der Waals surface area contributed by atoms with Gasteiger partial charge in [0.2, 0.25) is 0 Å². The summed E-state index contributed by atoms with van der Waals surface area (Å²) in [5, 5.41) is 0.656. The lowest BCUT2D eigenvalue weighted by Gasteiger charge is -2.36. The van der Waals surface area contributed by atoms with Gasteiger partial charge in [-0.2, -0.15) is 0 Å². The second-order valence-electron chi connectivity index (χ2n) is 4.81. The fraction of sp³-hybridized carbons (Fsp3) is 0.357. The van der Waals surface area contributed by atoms with Crippen LogP contribution >= 0.6 is 11.3 Å². The van der Waals surface area contributed by atoms with Crippen molar-refractivity contribution < 1.29 is 0 Å². The Morgan fingerprint density at radius 2 is 2.28 bits per heavy atom. The number of benzene rings is 1. The predicted octanol–water partition coefficient (Wildman–Crippen LogP) is 3.07. The minimum Gasteiger partial charge on any atom is -0.375 e. The Morgan fingerprint density at radius 3 is 3.06 bits per heavy atom. The molecule has 0 fully saturated rings. The van der Waals surface area contributed by atoms with Gasteiger partial charge < -0.3 is 10.6 Å². The van der Waals surface area contributed by atoms with Crippen molar-refractivity contribution in [1.29, 1.82) is 0 Å². The number of para-hydroxylation sites is 1. The molecule has 1 atom stereocenters. The molecule has 0 saturated heterocycles. The van der Waals surface area contributed by atoms with Crippen LogP contribution < -0.4 is 10.6 Å². The van der Waals surface area contributed by atoms with Gasteiger partial charge in [-0.15, -0.1) is 11.3 Å². The monoisotopic (exact) mass is 259 g/mol. The zero-order valence-corrected chi connectivity index (χ0v) is 11.3. The predicted molar refractivity (Wildman–Crippen MR) is 76.9 cm³/mol. The topological polar surface area (TPSA) is 42.2 Å². The lowest BCUT2D eigenvalue weighted by atomic mass is 9.97. The van der Waals surface area contributed by atoms with Crippen LogP contribution in [0.3, 0.4) is 0 Å². The van der Waals surface area contributed by atoms with Crippen molar-refractivity contribution >= 4 is 22.2 Å². The van der Waals surface area contributed by atoms with Crippen LogP contribution in [0.1, 0.15) is 23.8 Å². The minimum absolute atomic E-state index is 0.572. The summed E-state index contributed by atoms with van der Waals surface area (Å²) in [5.74, 6) is 0. The zero-order valence-electron chi connectivity index (χ0n) is 10.5. The molecule has 94 valence electrons. The van der Waals surface area contributed by atoms with Gasteiger partial charge in [0.25, 0.3) is 0 Å². The normalized spacial score (nSPS) is 18.7. The maximum Gasteiger partial charge on any atom is 0.180 e. The van der Waals surface area contributed by atoms with Crippen molar-refractivity contribution in [2.45, 2.75) is 32.4 Å². The van der Waals surface area contributed by atoms with Crippen LogP contribution in [-0.4, -0.2) is 11.0 Å². The first-order valence-electron chi connectivity index (χ1n) is 6.29. The summed E-state index contributed by atoms with van der Waals surface area (Å²) in [6.07, 6.45) is 4.29. The van der Waals surface area contributed by atoms with E-state index in [1.807, 2.05) is 6.20 Å². The zero-order chi connectivity index (χ0) is 12.5. The van der Waals surface area contributed by atoms with Crippen LogP contribution in [0.4, 0.5) is 10.8 Å². The highest BCUT2D eigenvalue weighted by Crippen LogP contribution is 2.32. The molecule has 2 aromatic rings. The molecule has 2 N–H and O–H groups in total. The molecule has 1 aliphatic heterocycles. The summed E-state index contributed by atoms with van der Waals surface area (Å²) < 4.78 is 0. The molecule has 4 heteroatoms. The average molecular weight is 259 g/mol. The fourth-order valence-corrected chi connectivity index (χ4v) is 3.25. The van der Waals surface area contributed by atoms with Crippen LogP contribution in [-0.2, 0) is 13.0 Å². The number of nitrogen functional groups attached to an aromatic ring is 1. The largest absolute Gasteiger partial charge is 0.375 e. The summed E-state index contributed by atoms with van der Waals surface area (Å²) in [4.78, 5) is 7.83. The molecule has 18 heavy (non-hydrogen) atoms. The van der Waals surface area contributed by atoms with Gasteiger partial charge in [-0.3, -0.25) is 0 Å². The number of fused-ring (bicyclic) bond motifs is 1. The number of aromatic nitrogens is 1. The molecule has 3 rings (SSSR count). The first kappa shape index (κ1) is 11.5. The first-order valence-corrected chi connectivity index (χ1v) is 7.10. The summed E-state index contributed by atoms with van der Waals surface area (Å²) >= 11 is 1.58. The van der Waals surface area contributed by atoms with E-state index in [0.29, 0.717) is 11.2 Å². The molecule has 1 aromatic heterocycles. The van der Waals surface area contributed by atoms with E-state index in [2.05, 4.69) is 41.1 Å². The van der Waals surface area contributed by atoms with Crippen molar-refractivity contribution in [3.8, 4) is 0 Å². The lowest BCUT2D eigenvalue weighted by molar-refractivity contribution is 0.562. The van der Waals surface area contributed by atoms with E-state index in [4.69, 9.17) is 5.73 Å². The van der Waals surface area contributed by atoms with Crippen molar-refractivity contribution in [2.24, 2.45) is 0 Å². The Hall–Kier alpha value is -1.55. The third kappa shape index (κ3) is 2.08. The van der Waals surface area contributed by atoms with Gasteiger partial charge in [0.15, 0.2) is 5.13 Å². The van der Waals surface area contributed by atoms with Crippen LogP contribution in [0.2, 0.25) is 0 Å². The van der Waals surface area contributed by atoms with E-state index in [1.54, 1.807) is 11.3 Å². The van der Waals surface area contributed by atoms with Crippen molar-refractivity contribution in [2.75, 3.05) is 10.6 Å². The van der Waals surface area contributed by atoms with Gasteiger partial charge in [0.1, 0.15) is 0 Å². The Morgan fingerprint density at radius 1 is 1.44 bits per heavy atom. The SMILES string of the molecule is CC1CCc2ccccc2N1Cc1cnc(N)s1. The standard InChI is InChI=1S/C14H17N3S/c1-10-6-7-11-4-2-3-5-13(11)17(10)9-12-8-16-14(15)18-12/h2-5,8,10H,6-7,9H2,1H3,(H2,15,16). The van der Waals surface area contributed by atoms with Crippen LogP contribution in [0.5, 0.6) is 0 Å². The number of rotatable bonds is 2. The number of hydrogen-bond donors (Lipinski definition) is 1. The van der Waals surface area contributed by atoms with Gasteiger partial charge >= 0.3 is 0 Å². The maximum absolute atomic E-state index is 5.70. The van der Waals surface area contributed by atoms with Crippen LogP contribution in [0, 0.1) is 0 Å². The third-order valence-corrected chi connectivity index (χ3v) is 4.37. The lowest BCUT2D eigenvalue weighted by Crippen LogP contribution is -2.36. The highest BCUT2D eigenvalue weighted by molar-refractivity contribution is 7.15. The summed E-state index contributed by atoms with van der Waals surface area (Å²) in [5.41, 5.74) is 8.52. The quantitative estimate of drug-likeness (QED) is 0.901. The summed E-state index contributed by atoms with van der Waals surface area (Å²) in [6, 6.07) is 9.26. The fourth-order valence-electron chi connectivity index (χ4n) is 2.56. The second kappa shape index (κ2) is 4.61. The smallest absolute Gasteiger partial charge is 0.180 e. The van der Waals surface area contributed by atoms with Gasteiger partial charge in [-0.1, -0.05) is 18.2 Å². The Kier molecular flexibility index (Phi) is 2.96. The Bertz CT molecular complexity index is 549. The Balaban J connectivity index is 1.91. The van der Waals surface area contributed by atoms with Gasteiger partial charge in [-0.05, 0) is 31.4 Å². The van der Waals surface area contributed by atoms with Gasteiger partial charge in [-0.25, -0.2) is 4.98 Å². The number of hydrogen-bond acceptors (Lipinski definition) is 4. The molecule has 0 aliphatic carbocycles. The van der Waals surface area contributed by atoms with E-state index >= 15 is 0 Å². The Labute approximate surface area is 111 Å². The maximum atomic E-state index is 5.70. The third-order valence-electron chi connectivity index (χ3n) is 3.56. The summed E-state index contributed by atoms with van der Waals surface area (Å²) in [7, 11) is 0. The molecule has 3 nitrogen and oxygen atoms in total. The molecule has 1 unspecified atom stereocenters. The number of aryl methyl sites for hydroxylation is 1. The van der Waals surface area contributed by atoms with E-state index in [1.165, 1.54) is 29.0 Å². The van der Waals surface area contributed by atoms with Crippen LogP contribution in [0.15, 0.2) is 30.5 Å². The highest BCUT2D eigenvalue weighted by Gasteiger charge is 2.23. The van der Waals surface area contributed by atoms with E-state index in [9.17, 15) is 0 Å². The van der Waals surface area contributed by atoms with E-state index in [0.717, 1.165) is 6.54 Å². The van der Waals surface area contributed by atoms with Crippen molar-refractivity contribution in [3.05, 3.63) is 40.9 Å². The van der Waals surface area contributed by atoms with E-state index < -0.39 is 0 Å². The number of thiazole rings is 1. The highest BCUT2D eigenvalue weighted by atomic mass is 32.1. The average Bonchev–Trinajstić information content (AvgIpc) is 2.79. The number of nitrogens with zero attached hydrogens (tertiary/aromatic N) is 2. The van der Waals surface area contributed by atoms with Gasteiger partial charge in [0, 0.05) is 22.8 Å². The molecule has 0 amide bonds. The second-order valence-corrected chi connectivity index (χ2v) is 5.96. The molecular weight excluding hydrogens is 242 g/mol. The molecule has 1 aliphatic rings. The van der Waals surface area contributed by atoms with Crippen molar-refractivity contribution in [3.63, 3.8) is 0 Å². The first-order chi connectivity index (χ1) is 8.74. The van der Waals surface area contributed by atoms with E-state index in [-0.39, 0.29) is 0 Å². The molecule has 1 aromatic carbocycles. The van der Waals surface area contributed by atoms with Gasteiger partial charge in [0.05, 0.1) is 6.54 Å². The molecule has 0 spiro atoms. The van der Waals surface area contributed by atoms with Crippen LogP contribution in [0.25, 0.3) is 0 Å². The molecule has 0 radical (unpaired) electrons.